The minimum absolute atomic E-state index is 0.425. The number of aliphatic hydroxyl groups is 1. The highest BCUT2D eigenvalue weighted by Crippen LogP contribution is 2.33. The predicted molar refractivity (Wildman–Crippen MR) is 84.2 cm³/mol. The number of nitrogens with zero attached hydrogens (tertiary/aromatic N) is 1. The number of hydrogen-bond donors (Lipinski definition) is 2. The van der Waals surface area contributed by atoms with Crippen molar-refractivity contribution in [2.75, 3.05) is 18.6 Å². The van der Waals surface area contributed by atoms with Crippen LogP contribution in [-0.2, 0) is 20.2 Å². The second-order valence-corrected chi connectivity index (χ2v) is 8.32. The number of carbonyl (C=O) groups is 2. The van der Waals surface area contributed by atoms with E-state index in [9.17, 15) is 23.1 Å². The molecule has 3 atom stereocenters. The van der Waals surface area contributed by atoms with E-state index in [1.165, 1.54) is 7.11 Å². The zero-order valence-corrected chi connectivity index (χ0v) is 14.0. The van der Waals surface area contributed by atoms with Crippen molar-refractivity contribution in [3.8, 4) is 5.75 Å². The number of carbonyl (C=O) groups excluding carboxylic acids is 2. The van der Waals surface area contributed by atoms with Gasteiger partial charge in [-0.05, 0) is 24.6 Å². The van der Waals surface area contributed by atoms with Gasteiger partial charge in [0.1, 0.15) is 11.3 Å². The van der Waals surface area contributed by atoms with Crippen LogP contribution in [0.4, 0.5) is 4.79 Å². The van der Waals surface area contributed by atoms with Crippen molar-refractivity contribution in [2.24, 2.45) is 0 Å². The van der Waals surface area contributed by atoms with Crippen LogP contribution in [0.3, 0.4) is 0 Å². The minimum Gasteiger partial charge on any atom is -0.497 e. The minimum atomic E-state index is -3.48. The molecule has 0 aromatic heterocycles. The van der Waals surface area contributed by atoms with Crippen LogP contribution in [0.5, 0.6) is 5.75 Å². The largest absolute Gasteiger partial charge is 0.497 e. The molecule has 24 heavy (non-hydrogen) atoms. The molecule has 2 N–H and O–H groups in total. The normalized spacial score (nSPS) is 32.0. The zero-order chi connectivity index (χ0) is 17.7. The number of urea groups is 1. The molecular weight excluding hydrogens is 336 g/mol. The lowest BCUT2D eigenvalue weighted by atomic mass is 9.91. The summed E-state index contributed by atoms with van der Waals surface area (Å²) in [6.45, 7) is 1.55. The molecule has 2 aliphatic heterocycles. The van der Waals surface area contributed by atoms with Crippen LogP contribution in [0.2, 0.25) is 0 Å². The molecule has 2 heterocycles. The molecule has 0 saturated carbocycles. The van der Waals surface area contributed by atoms with E-state index < -0.39 is 51.0 Å². The Bertz CT molecular complexity index is 791. The summed E-state index contributed by atoms with van der Waals surface area (Å²) in [5.74, 6) is -0.855. The first-order valence-electron chi connectivity index (χ1n) is 7.37. The second kappa shape index (κ2) is 5.45. The Hall–Kier alpha value is -2.13. The Morgan fingerprint density at radius 1 is 1.25 bits per heavy atom. The number of benzene rings is 1. The Kier molecular flexibility index (Phi) is 3.80. The Morgan fingerprint density at radius 2 is 1.88 bits per heavy atom. The van der Waals surface area contributed by atoms with Gasteiger partial charge in [0.25, 0.3) is 5.91 Å². The molecule has 0 aliphatic carbocycles. The maximum absolute atomic E-state index is 12.8. The summed E-state index contributed by atoms with van der Waals surface area (Å²) in [5.41, 5.74) is -0.783. The number of imide groups is 1. The summed E-state index contributed by atoms with van der Waals surface area (Å²) in [5, 5.41) is 12.6. The summed E-state index contributed by atoms with van der Waals surface area (Å²) in [4.78, 5) is 26.0. The van der Waals surface area contributed by atoms with Gasteiger partial charge >= 0.3 is 6.03 Å². The second-order valence-electron chi connectivity index (χ2n) is 6.17. The Balaban J connectivity index is 1.93. The van der Waals surface area contributed by atoms with Crippen LogP contribution in [0.1, 0.15) is 12.5 Å². The molecule has 1 aromatic carbocycles. The van der Waals surface area contributed by atoms with Gasteiger partial charge in [0.05, 0.1) is 30.8 Å². The fourth-order valence-electron chi connectivity index (χ4n) is 3.14. The van der Waals surface area contributed by atoms with Gasteiger partial charge in [-0.1, -0.05) is 12.1 Å². The van der Waals surface area contributed by atoms with E-state index in [-0.39, 0.29) is 0 Å². The zero-order valence-electron chi connectivity index (χ0n) is 13.2. The number of ether oxygens (including phenoxy) is 1. The van der Waals surface area contributed by atoms with Crippen molar-refractivity contribution < 1.29 is 27.9 Å². The molecule has 1 aromatic rings. The summed E-state index contributed by atoms with van der Waals surface area (Å²) in [6.07, 6.45) is -1.28. The molecule has 0 radical (unpaired) electrons. The van der Waals surface area contributed by atoms with Crippen molar-refractivity contribution in [3.63, 3.8) is 0 Å². The van der Waals surface area contributed by atoms with Crippen molar-refractivity contribution in [1.29, 1.82) is 0 Å². The lowest BCUT2D eigenvalue weighted by Gasteiger charge is -2.25. The molecule has 0 spiro atoms. The SMILES string of the molecule is COc1ccc([C@@]2(C)NC(=O)N([C@@H]3CS(=O)(=O)C[C@@H]3O)C2=O)cc1. The topological polar surface area (TPSA) is 113 Å². The van der Waals surface area contributed by atoms with Gasteiger partial charge in [-0.15, -0.1) is 0 Å². The molecule has 0 bridgehead atoms. The molecule has 2 aliphatic rings. The maximum Gasteiger partial charge on any atom is 0.325 e. The number of sulfone groups is 1. The van der Waals surface area contributed by atoms with Crippen LogP contribution in [0, 0.1) is 0 Å². The summed E-state index contributed by atoms with van der Waals surface area (Å²) in [7, 11) is -1.96. The van der Waals surface area contributed by atoms with E-state index in [4.69, 9.17) is 4.74 Å². The quantitative estimate of drug-likeness (QED) is 0.716. The molecule has 3 amide bonds. The summed E-state index contributed by atoms with van der Waals surface area (Å²) < 4.78 is 28.4. The van der Waals surface area contributed by atoms with Crippen LogP contribution in [0.25, 0.3) is 0 Å². The summed E-state index contributed by atoms with van der Waals surface area (Å²) in [6, 6.07) is 4.86. The van der Waals surface area contributed by atoms with Crippen molar-refractivity contribution in [3.05, 3.63) is 29.8 Å². The maximum atomic E-state index is 12.8. The highest BCUT2D eigenvalue weighted by Gasteiger charge is 2.55. The van der Waals surface area contributed by atoms with E-state index in [1.54, 1.807) is 31.2 Å². The molecule has 9 heteroatoms. The van der Waals surface area contributed by atoms with Crippen molar-refractivity contribution in [1.82, 2.24) is 10.2 Å². The lowest BCUT2D eigenvalue weighted by Crippen LogP contribution is -2.48. The fraction of sp³-hybridized carbons (Fsp3) is 0.467. The molecule has 130 valence electrons. The molecule has 2 fully saturated rings. The average Bonchev–Trinajstić information content (AvgIpc) is 2.92. The Morgan fingerprint density at radius 3 is 2.38 bits per heavy atom. The van der Waals surface area contributed by atoms with Crippen LogP contribution in [0.15, 0.2) is 24.3 Å². The predicted octanol–water partition coefficient (Wildman–Crippen LogP) is -0.380. The highest BCUT2D eigenvalue weighted by atomic mass is 32.2. The number of hydrogen-bond acceptors (Lipinski definition) is 6. The van der Waals surface area contributed by atoms with Gasteiger partial charge in [-0.25, -0.2) is 13.2 Å². The third kappa shape index (κ3) is 2.53. The lowest BCUT2D eigenvalue weighted by molar-refractivity contribution is -0.133. The first-order chi connectivity index (χ1) is 11.2. The fourth-order valence-corrected chi connectivity index (χ4v) is 4.91. The third-order valence-electron chi connectivity index (χ3n) is 4.51. The van der Waals surface area contributed by atoms with Crippen molar-refractivity contribution in [2.45, 2.75) is 24.6 Å². The molecule has 0 unspecified atom stereocenters. The molecule has 3 rings (SSSR count). The van der Waals surface area contributed by atoms with Crippen molar-refractivity contribution >= 4 is 21.8 Å². The van der Waals surface area contributed by atoms with E-state index in [1.807, 2.05) is 0 Å². The monoisotopic (exact) mass is 354 g/mol. The van der Waals surface area contributed by atoms with Gasteiger partial charge < -0.3 is 15.2 Å². The summed E-state index contributed by atoms with van der Waals surface area (Å²) >= 11 is 0. The molecular formula is C15H18N2O6S. The first-order valence-corrected chi connectivity index (χ1v) is 9.19. The number of nitrogens with one attached hydrogen (secondary N) is 1. The number of amides is 3. The van der Waals surface area contributed by atoms with E-state index in [0.29, 0.717) is 11.3 Å². The van der Waals surface area contributed by atoms with Gasteiger partial charge in [0.15, 0.2) is 9.84 Å². The first kappa shape index (κ1) is 16.7. The number of methoxy groups -OCH3 is 1. The van der Waals surface area contributed by atoms with Gasteiger partial charge in [-0.3, -0.25) is 9.69 Å². The number of aliphatic hydroxyl groups excluding tert-OH is 1. The van der Waals surface area contributed by atoms with Gasteiger partial charge in [0.2, 0.25) is 0 Å². The van der Waals surface area contributed by atoms with Gasteiger partial charge in [0, 0.05) is 0 Å². The van der Waals surface area contributed by atoms with E-state index in [0.717, 1.165) is 4.90 Å². The molecule has 8 nitrogen and oxygen atoms in total. The standard InChI is InChI=1S/C15H18N2O6S/c1-15(9-3-5-10(23-2)6-4-9)13(19)17(14(20)16-15)11-7-24(21,22)8-12(11)18/h3-6,11-12,18H,7-8H2,1-2H3,(H,16,20)/t11-,12+,15-/m1/s1. The number of rotatable bonds is 3. The highest BCUT2D eigenvalue weighted by molar-refractivity contribution is 7.91. The van der Waals surface area contributed by atoms with E-state index in [2.05, 4.69) is 5.32 Å². The van der Waals surface area contributed by atoms with Crippen LogP contribution < -0.4 is 10.1 Å². The van der Waals surface area contributed by atoms with Gasteiger partial charge in [-0.2, -0.15) is 0 Å². The van der Waals surface area contributed by atoms with E-state index >= 15 is 0 Å². The Labute approximate surface area is 139 Å². The smallest absolute Gasteiger partial charge is 0.325 e. The van der Waals surface area contributed by atoms with Crippen LogP contribution in [-0.4, -0.2) is 61.1 Å². The molecule has 2 saturated heterocycles. The third-order valence-corrected chi connectivity index (χ3v) is 6.21. The average molecular weight is 354 g/mol. The van der Waals surface area contributed by atoms with Crippen LogP contribution >= 0.6 is 0 Å².